The first kappa shape index (κ1) is 13.3. The smallest absolute Gasteiger partial charge is 0.145 e. The number of benzene rings is 1. The van der Waals surface area contributed by atoms with Gasteiger partial charge in [0.2, 0.25) is 0 Å². The maximum Gasteiger partial charge on any atom is 0.145 e. The van der Waals surface area contributed by atoms with Crippen LogP contribution >= 0.6 is 0 Å². The number of hydrogen-bond acceptors (Lipinski definition) is 1. The Morgan fingerprint density at radius 1 is 1.18 bits per heavy atom. The maximum atomic E-state index is 4.99. The van der Waals surface area contributed by atoms with E-state index in [1.54, 1.807) is 0 Å². The molecular formula is C20H20N2. The minimum atomic E-state index is 0.569. The molecule has 1 aromatic carbocycles. The third-order valence-electron chi connectivity index (χ3n) is 4.40. The molecule has 1 unspecified atom stereocenters. The minimum Gasteiger partial charge on any atom is -0.296 e. The van der Waals surface area contributed by atoms with Crippen molar-refractivity contribution in [3.63, 3.8) is 0 Å². The molecule has 1 heterocycles. The summed E-state index contributed by atoms with van der Waals surface area (Å²) in [6, 6.07) is 10.5. The van der Waals surface area contributed by atoms with Gasteiger partial charge in [-0.3, -0.25) is 4.57 Å². The van der Waals surface area contributed by atoms with Crippen molar-refractivity contribution in [3.8, 4) is 11.4 Å². The highest BCUT2D eigenvalue weighted by Gasteiger charge is 2.22. The van der Waals surface area contributed by atoms with Gasteiger partial charge in [0.05, 0.1) is 11.4 Å². The summed E-state index contributed by atoms with van der Waals surface area (Å²) >= 11 is 0. The highest BCUT2D eigenvalue weighted by atomic mass is 15.1. The van der Waals surface area contributed by atoms with Crippen molar-refractivity contribution in [1.82, 2.24) is 9.55 Å². The number of fused-ring (bicyclic) bond motifs is 1. The molecule has 22 heavy (non-hydrogen) atoms. The largest absolute Gasteiger partial charge is 0.296 e. The highest BCUT2D eigenvalue weighted by Crippen LogP contribution is 2.33. The normalized spacial score (nSPS) is 19.9. The Morgan fingerprint density at radius 2 is 2.05 bits per heavy atom. The molecule has 2 aliphatic carbocycles. The van der Waals surface area contributed by atoms with Gasteiger partial charge in [-0.15, -0.1) is 0 Å². The van der Waals surface area contributed by atoms with Crippen molar-refractivity contribution in [2.75, 3.05) is 0 Å². The Kier molecular flexibility index (Phi) is 3.30. The quantitative estimate of drug-likeness (QED) is 0.764. The molecule has 2 aromatic rings. The summed E-state index contributed by atoms with van der Waals surface area (Å²) in [5.74, 6) is 1.64. The van der Waals surface area contributed by atoms with Crippen molar-refractivity contribution in [3.05, 3.63) is 66.0 Å². The zero-order valence-corrected chi connectivity index (χ0v) is 12.9. The third kappa shape index (κ3) is 2.25. The Morgan fingerprint density at radius 3 is 2.82 bits per heavy atom. The fourth-order valence-corrected chi connectivity index (χ4v) is 3.28. The van der Waals surface area contributed by atoms with Crippen LogP contribution in [-0.4, -0.2) is 9.55 Å². The first-order chi connectivity index (χ1) is 10.8. The fourth-order valence-electron chi connectivity index (χ4n) is 3.28. The van der Waals surface area contributed by atoms with Gasteiger partial charge in [0, 0.05) is 11.3 Å². The Balaban J connectivity index is 1.93. The molecule has 0 fully saturated rings. The molecular weight excluding hydrogens is 268 g/mol. The topological polar surface area (TPSA) is 17.8 Å². The van der Waals surface area contributed by atoms with Gasteiger partial charge in [-0.2, -0.15) is 0 Å². The SMILES string of the molecule is CC1C=Cc2c(nc(-c3ccccc3)n2C2=CC=CCC2)C1. The molecule has 2 heteroatoms. The molecule has 0 bridgehead atoms. The van der Waals surface area contributed by atoms with Gasteiger partial charge in [0.25, 0.3) is 0 Å². The van der Waals surface area contributed by atoms with Crippen LogP contribution in [0.2, 0.25) is 0 Å². The average molecular weight is 288 g/mol. The van der Waals surface area contributed by atoms with Crippen LogP contribution in [0.25, 0.3) is 23.2 Å². The molecule has 0 saturated carbocycles. The lowest BCUT2D eigenvalue weighted by Gasteiger charge is -2.18. The molecule has 2 nitrogen and oxygen atoms in total. The Bertz CT molecular complexity index is 776. The van der Waals surface area contributed by atoms with Gasteiger partial charge < -0.3 is 0 Å². The minimum absolute atomic E-state index is 0.569. The average Bonchev–Trinajstić information content (AvgIpc) is 2.95. The summed E-state index contributed by atoms with van der Waals surface area (Å²) in [4.78, 5) is 4.99. The van der Waals surface area contributed by atoms with Crippen LogP contribution in [-0.2, 0) is 6.42 Å². The van der Waals surface area contributed by atoms with E-state index in [9.17, 15) is 0 Å². The summed E-state index contributed by atoms with van der Waals surface area (Å²) in [6.07, 6.45) is 14.4. The molecule has 1 atom stereocenters. The van der Waals surface area contributed by atoms with E-state index in [1.165, 1.54) is 22.6 Å². The van der Waals surface area contributed by atoms with Crippen LogP contribution < -0.4 is 0 Å². The van der Waals surface area contributed by atoms with Crippen molar-refractivity contribution in [2.45, 2.75) is 26.2 Å². The summed E-state index contributed by atoms with van der Waals surface area (Å²) in [5.41, 5.74) is 5.02. The van der Waals surface area contributed by atoms with Gasteiger partial charge in [-0.05, 0) is 37.3 Å². The number of aromatic nitrogens is 2. The Labute approximate surface area is 131 Å². The van der Waals surface area contributed by atoms with Gasteiger partial charge in [0.15, 0.2) is 0 Å². The fraction of sp³-hybridized carbons (Fsp3) is 0.250. The molecule has 0 aliphatic heterocycles. The molecule has 110 valence electrons. The molecule has 0 radical (unpaired) electrons. The predicted octanol–water partition coefficient (Wildman–Crippen LogP) is 4.95. The molecule has 1 aromatic heterocycles. The van der Waals surface area contributed by atoms with E-state index in [0.717, 1.165) is 25.1 Å². The molecule has 0 saturated heterocycles. The van der Waals surface area contributed by atoms with Gasteiger partial charge >= 0.3 is 0 Å². The summed E-state index contributed by atoms with van der Waals surface area (Å²) in [5, 5.41) is 0. The monoisotopic (exact) mass is 288 g/mol. The van der Waals surface area contributed by atoms with Crippen LogP contribution in [0.5, 0.6) is 0 Å². The van der Waals surface area contributed by atoms with Crippen LogP contribution in [0.4, 0.5) is 0 Å². The number of nitrogens with zero attached hydrogens (tertiary/aromatic N) is 2. The molecule has 0 N–H and O–H groups in total. The third-order valence-corrected chi connectivity index (χ3v) is 4.40. The number of imidazole rings is 1. The van der Waals surface area contributed by atoms with E-state index in [0.29, 0.717) is 5.92 Å². The second-order valence-electron chi connectivity index (χ2n) is 6.13. The van der Waals surface area contributed by atoms with E-state index < -0.39 is 0 Å². The molecule has 2 aliphatic rings. The number of rotatable bonds is 2. The standard InChI is InChI=1S/C20H20N2/c1-15-12-13-19-18(14-15)21-20(16-8-4-2-5-9-16)22(19)17-10-6-3-7-11-17/h2-6,8-10,12-13,15H,7,11,14H2,1H3. The van der Waals surface area contributed by atoms with Crippen LogP contribution in [0, 0.1) is 5.92 Å². The lowest BCUT2D eigenvalue weighted by Crippen LogP contribution is -2.07. The molecule has 4 rings (SSSR count). The predicted molar refractivity (Wildman–Crippen MR) is 92.2 cm³/mol. The zero-order valence-electron chi connectivity index (χ0n) is 12.9. The molecule has 0 spiro atoms. The van der Waals surface area contributed by atoms with Gasteiger partial charge in [0.1, 0.15) is 5.82 Å². The Hall–Kier alpha value is -2.35. The van der Waals surface area contributed by atoms with Gasteiger partial charge in [-0.25, -0.2) is 4.98 Å². The van der Waals surface area contributed by atoms with Crippen molar-refractivity contribution < 1.29 is 0 Å². The summed E-state index contributed by atoms with van der Waals surface area (Å²) < 4.78 is 2.36. The number of hydrogen-bond donors (Lipinski definition) is 0. The first-order valence-electron chi connectivity index (χ1n) is 8.04. The van der Waals surface area contributed by atoms with E-state index >= 15 is 0 Å². The second kappa shape index (κ2) is 5.45. The van der Waals surface area contributed by atoms with E-state index in [-0.39, 0.29) is 0 Å². The molecule has 0 amide bonds. The lowest BCUT2D eigenvalue weighted by molar-refractivity contribution is 0.702. The summed E-state index contributed by atoms with van der Waals surface area (Å²) in [6.45, 7) is 2.25. The lowest BCUT2D eigenvalue weighted by atomic mass is 9.98. The van der Waals surface area contributed by atoms with Crippen LogP contribution in [0.15, 0.2) is 54.6 Å². The summed E-state index contributed by atoms with van der Waals surface area (Å²) in [7, 11) is 0. The number of allylic oxidation sites excluding steroid dienone is 5. The van der Waals surface area contributed by atoms with Crippen LogP contribution in [0.3, 0.4) is 0 Å². The first-order valence-corrected chi connectivity index (χ1v) is 8.04. The van der Waals surface area contributed by atoms with Crippen molar-refractivity contribution in [2.24, 2.45) is 5.92 Å². The zero-order chi connectivity index (χ0) is 14.9. The van der Waals surface area contributed by atoms with E-state index in [1.807, 2.05) is 0 Å². The van der Waals surface area contributed by atoms with Gasteiger partial charge in [-0.1, -0.05) is 55.5 Å². The van der Waals surface area contributed by atoms with E-state index in [2.05, 4.69) is 72.2 Å². The van der Waals surface area contributed by atoms with Crippen molar-refractivity contribution >= 4 is 11.8 Å². The van der Waals surface area contributed by atoms with Crippen molar-refractivity contribution in [1.29, 1.82) is 0 Å². The maximum absolute atomic E-state index is 4.99. The van der Waals surface area contributed by atoms with Crippen LogP contribution in [0.1, 0.15) is 31.2 Å². The second-order valence-corrected chi connectivity index (χ2v) is 6.13. The highest BCUT2D eigenvalue weighted by molar-refractivity contribution is 5.70. The van der Waals surface area contributed by atoms with E-state index in [4.69, 9.17) is 4.98 Å².